The Kier molecular flexibility index (Phi) is 6.40. The predicted octanol–water partition coefficient (Wildman–Crippen LogP) is 3.09. The molecule has 1 N–H and O–H groups in total. The zero-order chi connectivity index (χ0) is 15.8. The third-order valence-electron chi connectivity index (χ3n) is 3.47. The number of nitrogens with one attached hydrogen (secondary N) is 1. The predicted molar refractivity (Wildman–Crippen MR) is 94.4 cm³/mol. The van der Waals surface area contributed by atoms with Crippen molar-refractivity contribution in [2.75, 3.05) is 20.1 Å². The van der Waals surface area contributed by atoms with E-state index in [9.17, 15) is 0 Å². The third kappa shape index (κ3) is 4.84. The second kappa shape index (κ2) is 8.54. The average molecular weight is 316 g/mol. The molecule has 2 rings (SSSR count). The molecule has 0 radical (unpaired) electrons. The van der Waals surface area contributed by atoms with Crippen LogP contribution in [-0.4, -0.2) is 36.0 Å². The van der Waals surface area contributed by atoms with Crippen molar-refractivity contribution < 1.29 is 0 Å². The summed E-state index contributed by atoms with van der Waals surface area (Å²) in [4.78, 5) is 12.7. The van der Waals surface area contributed by atoms with Crippen LogP contribution in [-0.2, 0) is 13.0 Å². The number of rotatable bonds is 6. The zero-order valence-corrected chi connectivity index (χ0v) is 14.4. The second-order valence-electron chi connectivity index (χ2n) is 5.19. The maximum atomic E-state index is 4.72. The smallest absolute Gasteiger partial charge is 0.194 e. The molecule has 0 aliphatic heterocycles. The first-order valence-electron chi connectivity index (χ1n) is 7.63. The quantitative estimate of drug-likeness (QED) is 0.657. The maximum absolute atomic E-state index is 4.72. The molecule has 0 aliphatic carbocycles. The van der Waals surface area contributed by atoms with Crippen molar-refractivity contribution in [3.8, 4) is 0 Å². The molecule has 2 heterocycles. The van der Waals surface area contributed by atoms with Crippen LogP contribution in [0.4, 0.5) is 0 Å². The van der Waals surface area contributed by atoms with Gasteiger partial charge in [0, 0.05) is 31.2 Å². The number of hydrogen-bond donors (Lipinski definition) is 1. The van der Waals surface area contributed by atoms with E-state index in [1.165, 1.54) is 10.4 Å². The molecule has 2 aromatic heterocycles. The zero-order valence-electron chi connectivity index (χ0n) is 13.5. The lowest BCUT2D eigenvalue weighted by atomic mass is 10.2. The molecule has 0 saturated heterocycles. The number of likely N-dealkylation sites (N-methyl/N-ethyl adjacent to an activating group) is 1. The molecule has 118 valence electrons. The molecule has 0 saturated carbocycles. The highest BCUT2D eigenvalue weighted by Crippen LogP contribution is 2.10. The van der Waals surface area contributed by atoms with Gasteiger partial charge in [0.1, 0.15) is 0 Å². The number of thiophene rings is 1. The minimum absolute atomic E-state index is 0.609. The van der Waals surface area contributed by atoms with E-state index in [0.29, 0.717) is 6.54 Å². The summed E-state index contributed by atoms with van der Waals surface area (Å²) in [5.74, 6) is 0.934. The monoisotopic (exact) mass is 316 g/mol. The molecule has 22 heavy (non-hydrogen) atoms. The molecule has 4 nitrogen and oxygen atoms in total. The number of pyridine rings is 1. The van der Waals surface area contributed by atoms with Gasteiger partial charge in [-0.15, -0.1) is 11.3 Å². The van der Waals surface area contributed by atoms with E-state index in [1.54, 1.807) is 11.3 Å². The maximum Gasteiger partial charge on any atom is 0.194 e. The number of aliphatic imine (C=N–C) groups is 1. The Morgan fingerprint density at radius 3 is 2.91 bits per heavy atom. The van der Waals surface area contributed by atoms with Gasteiger partial charge in [-0.05, 0) is 43.3 Å². The lowest BCUT2D eigenvalue weighted by Gasteiger charge is -2.21. The van der Waals surface area contributed by atoms with E-state index >= 15 is 0 Å². The van der Waals surface area contributed by atoms with Crippen LogP contribution >= 0.6 is 11.3 Å². The number of guanidine groups is 1. The van der Waals surface area contributed by atoms with Crippen LogP contribution in [0.5, 0.6) is 0 Å². The summed E-state index contributed by atoms with van der Waals surface area (Å²) in [6.45, 7) is 6.59. The lowest BCUT2D eigenvalue weighted by Crippen LogP contribution is -2.39. The number of aromatic nitrogens is 1. The van der Waals surface area contributed by atoms with E-state index in [1.807, 2.05) is 12.3 Å². The Bertz CT molecular complexity index is 592. The topological polar surface area (TPSA) is 40.5 Å². The fraction of sp³-hybridized carbons (Fsp3) is 0.412. The van der Waals surface area contributed by atoms with Crippen LogP contribution in [0.3, 0.4) is 0 Å². The third-order valence-corrected chi connectivity index (χ3v) is 4.40. The van der Waals surface area contributed by atoms with E-state index in [0.717, 1.165) is 31.2 Å². The van der Waals surface area contributed by atoms with Gasteiger partial charge in [-0.2, -0.15) is 0 Å². The molecule has 5 heteroatoms. The molecule has 0 aliphatic rings. The van der Waals surface area contributed by atoms with Crippen molar-refractivity contribution in [3.63, 3.8) is 0 Å². The summed E-state index contributed by atoms with van der Waals surface area (Å²) >= 11 is 1.81. The van der Waals surface area contributed by atoms with Crippen molar-refractivity contribution in [1.29, 1.82) is 0 Å². The van der Waals surface area contributed by atoms with Gasteiger partial charge in [0.25, 0.3) is 0 Å². The van der Waals surface area contributed by atoms with Gasteiger partial charge in [-0.1, -0.05) is 12.1 Å². The molecule has 0 unspecified atom stereocenters. The summed E-state index contributed by atoms with van der Waals surface area (Å²) in [5.41, 5.74) is 2.22. The first-order chi connectivity index (χ1) is 10.7. The Balaban J connectivity index is 1.98. The van der Waals surface area contributed by atoms with Gasteiger partial charge >= 0.3 is 0 Å². The fourth-order valence-electron chi connectivity index (χ4n) is 2.14. The molecular weight excluding hydrogens is 292 g/mol. The highest BCUT2D eigenvalue weighted by atomic mass is 32.1. The van der Waals surface area contributed by atoms with E-state index in [2.05, 4.69) is 59.7 Å². The molecule has 0 bridgehead atoms. The molecule has 0 atom stereocenters. The van der Waals surface area contributed by atoms with Crippen molar-refractivity contribution in [2.24, 2.45) is 4.99 Å². The fourth-order valence-corrected chi connectivity index (χ4v) is 2.84. The molecular formula is C17H24N4S. The summed E-state index contributed by atoms with van der Waals surface area (Å²) in [6.07, 6.45) is 2.87. The molecule has 2 aromatic rings. The molecule has 0 spiro atoms. The minimum Gasteiger partial charge on any atom is -0.357 e. The molecule has 0 amide bonds. The number of nitrogens with zero attached hydrogens (tertiary/aromatic N) is 3. The second-order valence-corrected chi connectivity index (χ2v) is 6.22. The van der Waals surface area contributed by atoms with Crippen LogP contribution in [0, 0.1) is 6.92 Å². The average Bonchev–Trinajstić information content (AvgIpc) is 3.04. The van der Waals surface area contributed by atoms with Crippen molar-refractivity contribution >= 4 is 17.3 Å². The Hall–Kier alpha value is -1.88. The van der Waals surface area contributed by atoms with Crippen LogP contribution in [0.25, 0.3) is 0 Å². The SMILES string of the molecule is CCNC(=NCc1ncccc1C)N(C)CCc1cccs1. The highest BCUT2D eigenvalue weighted by Gasteiger charge is 2.07. The van der Waals surface area contributed by atoms with E-state index in [-0.39, 0.29) is 0 Å². The Labute approximate surface area is 136 Å². The lowest BCUT2D eigenvalue weighted by molar-refractivity contribution is 0.486. The van der Waals surface area contributed by atoms with Gasteiger partial charge in [0.2, 0.25) is 0 Å². The summed E-state index contributed by atoms with van der Waals surface area (Å²) in [6, 6.07) is 8.31. The molecule has 0 fully saturated rings. The van der Waals surface area contributed by atoms with Crippen LogP contribution in [0.2, 0.25) is 0 Å². The van der Waals surface area contributed by atoms with Crippen LogP contribution in [0.1, 0.15) is 23.1 Å². The van der Waals surface area contributed by atoms with Crippen molar-refractivity contribution in [2.45, 2.75) is 26.8 Å². The van der Waals surface area contributed by atoms with Gasteiger partial charge in [-0.25, -0.2) is 4.99 Å². The Morgan fingerprint density at radius 1 is 1.36 bits per heavy atom. The van der Waals surface area contributed by atoms with E-state index < -0.39 is 0 Å². The number of aryl methyl sites for hydroxylation is 1. The normalized spacial score (nSPS) is 11.5. The van der Waals surface area contributed by atoms with Crippen LogP contribution in [0.15, 0.2) is 40.8 Å². The van der Waals surface area contributed by atoms with Crippen molar-refractivity contribution in [3.05, 3.63) is 52.0 Å². The first-order valence-corrected chi connectivity index (χ1v) is 8.51. The summed E-state index contributed by atoms with van der Waals surface area (Å²) < 4.78 is 0. The number of hydrogen-bond acceptors (Lipinski definition) is 3. The largest absolute Gasteiger partial charge is 0.357 e. The van der Waals surface area contributed by atoms with Gasteiger partial charge in [0.15, 0.2) is 5.96 Å². The van der Waals surface area contributed by atoms with Crippen molar-refractivity contribution in [1.82, 2.24) is 15.2 Å². The van der Waals surface area contributed by atoms with E-state index in [4.69, 9.17) is 4.99 Å². The van der Waals surface area contributed by atoms with Crippen LogP contribution < -0.4 is 5.32 Å². The van der Waals surface area contributed by atoms with Gasteiger partial charge in [0.05, 0.1) is 12.2 Å². The van der Waals surface area contributed by atoms with Gasteiger partial charge < -0.3 is 10.2 Å². The summed E-state index contributed by atoms with van der Waals surface area (Å²) in [7, 11) is 2.08. The Morgan fingerprint density at radius 2 is 2.23 bits per heavy atom. The highest BCUT2D eigenvalue weighted by molar-refractivity contribution is 7.09. The molecule has 0 aromatic carbocycles. The minimum atomic E-state index is 0.609. The first kappa shape index (κ1) is 16.5. The standard InChI is InChI=1S/C17H24N4S/c1-4-18-17(20-13-16-14(2)7-5-10-19-16)21(3)11-9-15-8-6-12-22-15/h5-8,10,12H,4,9,11,13H2,1-3H3,(H,18,20). The summed E-state index contributed by atoms with van der Waals surface area (Å²) in [5, 5.41) is 5.48. The van der Waals surface area contributed by atoms with Gasteiger partial charge in [-0.3, -0.25) is 4.98 Å².